The third-order valence-electron chi connectivity index (χ3n) is 2.37. The third-order valence-corrected chi connectivity index (χ3v) is 2.37. The van der Waals surface area contributed by atoms with Gasteiger partial charge in [0.25, 0.3) is 0 Å². The molecular formula is C13H20N2O. The van der Waals surface area contributed by atoms with Gasteiger partial charge in [-0.3, -0.25) is 9.78 Å². The summed E-state index contributed by atoms with van der Waals surface area (Å²) < 4.78 is 0. The Bertz CT molecular complexity index is 330. The Hall–Kier alpha value is -1.22. The third kappa shape index (κ3) is 4.53. The van der Waals surface area contributed by atoms with Crippen LogP contribution in [0.25, 0.3) is 0 Å². The number of hydrogen-bond acceptors (Lipinski definition) is 3. The lowest BCUT2D eigenvalue weighted by molar-refractivity contribution is 0.0979. The second-order valence-corrected chi connectivity index (χ2v) is 4.32. The molecule has 0 atom stereocenters. The lowest BCUT2D eigenvalue weighted by Gasteiger charge is -2.07. The molecule has 1 aromatic rings. The van der Waals surface area contributed by atoms with E-state index in [1.807, 2.05) is 19.1 Å². The summed E-state index contributed by atoms with van der Waals surface area (Å²) in [6.45, 7) is 7.01. The Labute approximate surface area is 97.3 Å². The average molecular weight is 220 g/mol. The van der Waals surface area contributed by atoms with Gasteiger partial charge in [-0.05, 0) is 32.0 Å². The van der Waals surface area contributed by atoms with E-state index in [1.165, 1.54) is 0 Å². The lowest BCUT2D eigenvalue weighted by Crippen LogP contribution is -2.24. The predicted octanol–water partition coefficient (Wildman–Crippen LogP) is 2.35. The zero-order valence-electron chi connectivity index (χ0n) is 10.3. The monoisotopic (exact) mass is 220 g/mol. The van der Waals surface area contributed by atoms with Crippen LogP contribution >= 0.6 is 0 Å². The molecule has 0 fully saturated rings. The smallest absolute Gasteiger partial charge is 0.164 e. The number of carbonyl (C=O) groups is 1. The van der Waals surface area contributed by atoms with Crippen molar-refractivity contribution in [1.82, 2.24) is 10.3 Å². The number of nitrogens with zero attached hydrogens (tertiary/aromatic N) is 1. The molecule has 0 saturated carbocycles. The minimum absolute atomic E-state index is 0.179. The normalized spacial score (nSPS) is 10.8. The van der Waals surface area contributed by atoms with Gasteiger partial charge in [0.1, 0.15) is 0 Å². The van der Waals surface area contributed by atoms with Crippen molar-refractivity contribution >= 4 is 5.78 Å². The molecule has 0 unspecified atom stereocenters. The largest absolute Gasteiger partial charge is 0.315 e. The zero-order chi connectivity index (χ0) is 12.0. The maximum atomic E-state index is 11.7. The highest BCUT2D eigenvalue weighted by Gasteiger charge is 2.05. The summed E-state index contributed by atoms with van der Waals surface area (Å²) in [6.07, 6.45) is 3.13. The van der Waals surface area contributed by atoms with E-state index in [0.717, 1.165) is 24.2 Å². The van der Waals surface area contributed by atoms with Crippen LogP contribution in [0.15, 0.2) is 18.3 Å². The SMILES string of the molecule is Cc1ccc(C(=O)CCCNC(C)C)cn1. The Kier molecular flexibility index (Phi) is 5.12. The maximum Gasteiger partial charge on any atom is 0.164 e. The Morgan fingerprint density at radius 3 is 2.75 bits per heavy atom. The van der Waals surface area contributed by atoms with Crippen LogP contribution < -0.4 is 5.32 Å². The van der Waals surface area contributed by atoms with Crippen LogP contribution in [0.4, 0.5) is 0 Å². The van der Waals surface area contributed by atoms with E-state index in [2.05, 4.69) is 24.1 Å². The van der Waals surface area contributed by atoms with Crippen LogP contribution in [0.5, 0.6) is 0 Å². The first kappa shape index (κ1) is 12.8. The molecule has 0 spiro atoms. The molecule has 0 aliphatic carbocycles. The summed E-state index contributed by atoms with van der Waals surface area (Å²) in [5.41, 5.74) is 1.66. The van der Waals surface area contributed by atoms with Gasteiger partial charge in [-0.1, -0.05) is 13.8 Å². The topological polar surface area (TPSA) is 42.0 Å². The van der Waals surface area contributed by atoms with Crippen molar-refractivity contribution in [2.75, 3.05) is 6.54 Å². The van der Waals surface area contributed by atoms with E-state index < -0.39 is 0 Å². The van der Waals surface area contributed by atoms with E-state index in [4.69, 9.17) is 0 Å². The second kappa shape index (κ2) is 6.38. The van der Waals surface area contributed by atoms with Crippen LogP contribution in [0, 0.1) is 6.92 Å². The van der Waals surface area contributed by atoms with E-state index in [9.17, 15) is 4.79 Å². The van der Waals surface area contributed by atoms with Crippen molar-refractivity contribution in [3.05, 3.63) is 29.6 Å². The molecule has 88 valence electrons. The van der Waals surface area contributed by atoms with Crippen LogP contribution in [-0.4, -0.2) is 23.4 Å². The van der Waals surface area contributed by atoms with Gasteiger partial charge >= 0.3 is 0 Å². The molecule has 0 bridgehead atoms. The number of ketones is 1. The maximum absolute atomic E-state index is 11.7. The summed E-state index contributed by atoms with van der Waals surface area (Å²) in [6, 6.07) is 4.20. The van der Waals surface area contributed by atoms with E-state index >= 15 is 0 Å². The van der Waals surface area contributed by atoms with Crippen molar-refractivity contribution in [3.8, 4) is 0 Å². The van der Waals surface area contributed by atoms with E-state index in [0.29, 0.717) is 12.5 Å². The number of carbonyl (C=O) groups excluding carboxylic acids is 1. The number of nitrogens with one attached hydrogen (secondary N) is 1. The summed E-state index contributed by atoms with van der Waals surface area (Å²) in [5, 5.41) is 3.29. The number of rotatable bonds is 6. The Morgan fingerprint density at radius 1 is 1.44 bits per heavy atom. The molecule has 1 rings (SSSR count). The molecule has 0 aliphatic heterocycles. The summed E-state index contributed by atoms with van der Waals surface area (Å²) >= 11 is 0. The number of aryl methyl sites for hydroxylation is 1. The van der Waals surface area contributed by atoms with Gasteiger partial charge in [-0.25, -0.2) is 0 Å². The van der Waals surface area contributed by atoms with E-state index in [1.54, 1.807) is 6.20 Å². The first-order valence-electron chi connectivity index (χ1n) is 5.79. The highest BCUT2D eigenvalue weighted by molar-refractivity contribution is 5.95. The molecule has 0 aliphatic rings. The van der Waals surface area contributed by atoms with Gasteiger partial charge in [0.15, 0.2) is 5.78 Å². The zero-order valence-corrected chi connectivity index (χ0v) is 10.3. The van der Waals surface area contributed by atoms with Gasteiger partial charge < -0.3 is 5.32 Å². The van der Waals surface area contributed by atoms with Crippen molar-refractivity contribution in [3.63, 3.8) is 0 Å². The van der Waals surface area contributed by atoms with Gasteiger partial charge in [0, 0.05) is 29.9 Å². The quantitative estimate of drug-likeness (QED) is 0.591. The molecule has 0 saturated heterocycles. The summed E-state index contributed by atoms with van der Waals surface area (Å²) in [5.74, 6) is 0.179. The highest BCUT2D eigenvalue weighted by atomic mass is 16.1. The van der Waals surface area contributed by atoms with Gasteiger partial charge in [-0.15, -0.1) is 0 Å². The van der Waals surface area contributed by atoms with Crippen molar-refractivity contribution in [2.45, 2.75) is 39.7 Å². The van der Waals surface area contributed by atoms with Crippen LogP contribution in [0.3, 0.4) is 0 Å². The Balaban J connectivity index is 2.32. The number of Topliss-reactive ketones (excluding diaryl/α,β-unsaturated/α-hetero) is 1. The van der Waals surface area contributed by atoms with Crippen molar-refractivity contribution < 1.29 is 4.79 Å². The molecule has 0 amide bonds. The number of aromatic nitrogens is 1. The van der Waals surface area contributed by atoms with Crippen LogP contribution in [0.2, 0.25) is 0 Å². The summed E-state index contributed by atoms with van der Waals surface area (Å²) in [4.78, 5) is 15.9. The van der Waals surface area contributed by atoms with Gasteiger partial charge in [-0.2, -0.15) is 0 Å². The molecule has 16 heavy (non-hydrogen) atoms. The standard InChI is InChI=1S/C13H20N2O/c1-10(2)14-8-4-5-13(16)12-7-6-11(3)15-9-12/h6-7,9-10,14H,4-5,8H2,1-3H3. The van der Waals surface area contributed by atoms with E-state index in [-0.39, 0.29) is 5.78 Å². The van der Waals surface area contributed by atoms with Crippen molar-refractivity contribution in [1.29, 1.82) is 0 Å². The fourth-order valence-corrected chi connectivity index (χ4v) is 1.42. The molecule has 0 radical (unpaired) electrons. The fourth-order valence-electron chi connectivity index (χ4n) is 1.42. The Morgan fingerprint density at radius 2 is 2.19 bits per heavy atom. The fraction of sp³-hybridized carbons (Fsp3) is 0.538. The second-order valence-electron chi connectivity index (χ2n) is 4.32. The number of hydrogen-bond donors (Lipinski definition) is 1. The minimum Gasteiger partial charge on any atom is -0.315 e. The molecule has 1 N–H and O–H groups in total. The first-order valence-corrected chi connectivity index (χ1v) is 5.79. The average Bonchev–Trinajstić information content (AvgIpc) is 2.25. The van der Waals surface area contributed by atoms with Gasteiger partial charge in [0.2, 0.25) is 0 Å². The molecule has 1 heterocycles. The van der Waals surface area contributed by atoms with Crippen molar-refractivity contribution in [2.24, 2.45) is 0 Å². The highest BCUT2D eigenvalue weighted by Crippen LogP contribution is 2.04. The predicted molar refractivity (Wildman–Crippen MR) is 65.7 cm³/mol. The van der Waals surface area contributed by atoms with Crippen LogP contribution in [-0.2, 0) is 0 Å². The first-order chi connectivity index (χ1) is 7.59. The molecular weight excluding hydrogens is 200 g/mol. The molecule has 3 nitrogen and oxygen atoms in total. The van der Waals surface area contributed by atoms with Gasteiger partial charge in [0.05, 0.1) is 0 Å². The minimum atomic E-state index is 0.179. The summed E-state index contributed by atoms with van der Waals surface area (Å²) in [7, 11) is 0. The molecule has 0 aromatic carbocycles. The number of pyridine rings is 1. The molecule has 1 aromatic heterocycles. The van der Waals surface area contributed by atoms with Crippen LogP contribution in [0.1, 0.15) is 42.7 Å². The lowest BCUT2D eigenvalue weighted by atomic mass is 10.1. The molecule has 3 heteroatoms.